The largest absolute Gasteiger partial charge is 0.348 e. The third kappa shape index (κ3) is 4.25. The molecule has 1 aliphatic rings. The number of nitrogens with one attached hydrogen (secondary N) is 2. The Hall–Kier alpha value is -1.55. The van der Waals surface area contributed by atoms with Crippen LogP contribution in [-0.2, 0) is 17.8 Å². The first-order valence-electron chi connectivity index (χ1n) is 7.49. The number of amides is 1. The van der Waals surface area contributed by atoms with Crippen molar-refractivity contribution in [1.29, 1.82) is 0 Å². The SMILES string of the molecule is CC(NC(=O)C1Cc2ccccc2CN1)c1ccc(Cl)cc1.Cl. The molecular formula is C18H20Cl2N2O. The Labute approximate surface area is 147 Å². The van der Waals surface area contributed by atoms with E-state index < -0.39 is 0 Å². The van der Waals surface area contributed by atoms with Crippen molar-refractivity contribution in [3.8, 4) is 0 Å². The van der Waals surface area contributed by atoms with Crippen LogP contribution >= 0.6 is 24.0 Å². The van der Waals surface area contributed by atoms with Gasteiger partial charge in [-0.1, -0.05) is 48.0 Å². The first-order chi connectivity index (χ1) is 10.6. The van der Waals surface area contributed by atoms with Crippen LogP contribution in [-0.4, -0.2) is 11.9 Å². The lowest BCUT2D eigenvalue weighted by molar-refractivity contribution is -0.124. The van der Waals surface area contributed by atoms with Gasteiger partial charge in [0.05, 0.1) is 12.1 Å². The minimum atomic E-state index is -0.176. The summed E-state index contributed by atoms with van der Waals surface area (Å²) in [7, 11) is 0. The van der Waals surface area contributed by atoms with E-state index in [1.807, 2.05) is 43.3 Å². The van der Waals surface area contributed by atoms with Crippen molar-refractivity contribution in [1.82, 2.24) is 10.6 Å². The normalized spacial score (nSPS) is 17.6. The molecule has 3 nitrogen and oxygen atoms in total. The Morgan fingerprint density at radius 2 is 1.83 bits per heavy atom. The fourth-order valence-corrected chi connectivity index (χ4v) is 2.91. The van der Waals surface area contributed by atoms with Crippen molar-refractivity contribution < 1.29 is 4.79 Å². The number of halogens is 2. The van der Waals surface area contributed by atoms with E-state index in [1.54, 1.807) is 0 Å². The maximum Gasteiger partial charge on any atom is 0.237 e. The highest BCUT2D eigenvalue weighted by Gasteiger charge is 2.24. The van der Waals surface area contributed by atoms with Crippen LogP contribution in [0.15, 0.2) is 48.5 Å². The highest BCUT2D eigenvalue weighted by Crippen LogP contribution is 2.19. The summed E-state index contributed by atoms with van der Waals surface area (Å²) in [5, 5.41) is 7.08. The maximum atomic E-state index is 12.5. The van der Waals surface area contributed by atoms with Crippen LogP contribution in [0.3, 0.4) is 0 Å². The Kier molecular flexibility index (Phi) is 6.05. The fraction of sp³-hybridized carbons (Fsp3) is 0.278. The molecule has 0 bridgehead atoms. The third-order valence-corrected chi connectivity index (χ3v) is 4.38. The van der Waals surface area contributed by atoms with Gasteiger partial charge < -0.3 is 10.6 Å². The molecule has 122 valence electrons. The summed E-state index contributed by atoms with van der Waals surface area (Å²) in [6, 6.07) is 15.6. The number of fused-ring (bicyclic) bond motifs is 1. The van der Waals surface area contributed by atoms with Crippen LogP contribution in [0, 0.1) is 0 Å². The molecule has 0 saturated heterocycles. The van der Waals surface area contributed by atoms with Crippen LogP contribution in [0.1, 0.15) is 29.7 Å². The molecule has 1 aliphatic heterocycles. The van der Waals surface area contributed by atoms with E-state index in [2.05, 4.69) is 22.8 Å². The molecular weight excluding hydrogens is 331 g/mol. The molecule has 5 heteroatoms. The Bertz CT molecular complexity index is 673. The number of hydrogen-bond donors (Lipinski definition) is 2. The number of hydrogen-bond acceptors (Lipinski definition) is 2. The van der Waals surface area contributed by atoms with E-state index in [-0.39, 0.29) is 30.4 Å². The molecule has 1 amide bonds. The van der Waals surface area contributed by atoms with E-state index >= 15 is 0 Å². The molecule has 1 heterocycles. The van der Waals surface area contributed by atoms with Crippen LogP contribution in [0.5, 0.6) is 0 Å². The zero-order chi connectivity index (χ0) is 15.5. The van der Waals surface area contributed by atoms with Gasteiger partial charge in [0.25, 0.3) is 0 Å². The Morgan fingerprint density at radius 3 is 2.52 bits per heavy atom. The summed E-state index contributed by atoms with van der Waals surface area (Å²) < 4.78 is 0. The van der Waals surface area contributed by atoms with Gasteiger partial charge in [-0.25, -0.2) is 0 Å². The van der Waals surface area contributed by atoms with Crippen LogP contribution in [0.4, 0.5) is 0 Å². The van der Waals surface area contributed by atoms with Gasteiger partial charge in [0, 0.05) is 11.6 Å². The molecule has 0 fully saturated rings. The van der Waals surface area contributed by atoms with Crippen molar-refractivity contribution in [3.05, 3.63) is 70.2 Å². The van der Waals surface area contributed by atoms with Crippen molar-refractivity contribution in [3.63, 3.8) is 0 Å². The maximum absolute atomic E-state index is 12.5. The summed E-state index contributed by atoms with van der Waals surface area (Å²) in [5.74, 6) is 0.0388. The molecule has 2 aromatic rings. The van der Waals surface area contributed by atoms with Gasteiger partial charge in [0.2, 0.25) is 5.91 Å². The highest BCUT2D eigenvalue weighted by atomic mass is 35.5. The molecule has 0 aromatic heterocycles. The van der Waals surface area contributed by atoms with Gasteiger partial charge in [-0.05, 0) is 42.2 Å². The average molecular weight is 351 g/mol. The smallest absolute Gasteiger partial charge is 0.237 e. The van der Waals surface area contributed by atoms with Crippen molar-refractivity contribution in [2.45, 2.75) is 32.0 Å². The second-order valence-corrected chi connectivity index (χ2v) is 6.12. The van der Waals surface area contributed by atoms with E-state index in [4.69, 9.17) is 11.6 Å². The molecule has 0 spiro atoms. The second-order valence-electron chi connectivity index (χ2n) is 5.69. The summed E-state index contributed by atoms with van der Waals surface area (Å²) in [5.41, 5.74) is 3.58. The quantitative estimate of drug-likeness (QED) is 0.886. The molecule has 0 saturated carbocycles. The summed E-state index contributed by atoms with van der Waals surface area (Å²) in [6.45, 7) is 2.72. The molecule has 0 radical (unpaired) electrons. The van der Waals surface area contributed by atoms with Crippen molar-refractivity contribution >= 4 is 29.9 Å². The lowest BCUT2D eigenvalue weighted by Crippen LogP contribution is -2.48. The van der Waals surface area contributed by atoms with Crippen LogP contribution in [0.2, 0.25) is 5.02 Å². The Balaban J connectivity index is 0.00000192. The number of carbonyl (C=O) groups excluding carboxylic acids is 1. The molecule has 23 heavy (non-hydrogen) atoms. The van der Waals surface area contributed by atoms with Gasteiger partial charge in [-0.3, -0.25) is 4.79 Å². The standard InChI is InChI=1S/C18H19ClN2O.ClH/c1-12(13-6-8-16(19)9-7-13)21-18(22)17-10-14-4-2-3-5-15(14)11-20-17;/h2-9,12,17,20H,10-11H2,1H3,(H,21,22);1H. The molecule has 3 rings (SSSR count). The van der Waals surface area contributed by atoms with Gasteiger partial charge >= 0.3 is 0 Å². The summed E-state index contributed by atoms with van der Waals surface area (Å²) in [6.07, 6.45) is 0.731. The monoisotopic (exact) mass is 350 g/mol. The fourth-order valence-electron chi connectivity index (χ4n) is 2.79. The number of carbonyl (C=O) groups is 1. The first-order valence-corrected chi connectivity index (χ1v) is 7.87. The predicted octanol–water partition coefficient (Wildman–Crippen LogP) is 3.65. The highest BCUT2D eigenvalue weighted by molar-refractivity contribution is 6.30. The lowest BCUT2D eigenvalue weighted by Gasteiger charge is -2.26. The van der Waals surface area contributed by atoms with Crippen LogP contribution < -0.4 is 10.6 Å². The molecule has 2 aromatic carbocycles. The van der Waals surface area contributed by atoms with E-state index in [0.717, 1.165) is 18.5 Å². The van der Waals surface area contributed by atoms with Crippen molar-refractivity contribution in [2.24, 2.45) is 0 Å². The van der Waals surface area contributed by atoms with E-state index in [1.165, 1.54) is 11.1 Å². The van der Waals surface area contributed by atoms with Gasteiger partial charge in [0.15, 0.2) is 0 Å². The van der Waals surface area contributed by atoms with Crippen LogP contribution in [0.25, 0.3) is 0 Å². The predicted molar refractivity (Wildman–Crippen MR) is 96.0 cm³/mol. The minimum absolute atomic E-state index is 0. The number of rotatable bonds is 3. The average Bonchev–Trinajstić information content (AvgIpc) is 2.55. The molecule has 2 atom stereocenters. The molecule has 2 N–H and O–H groups in total. The minimum Gasteiger partial charge on any atom is -0.348 e. The zero-order valence-corrected chi connectivity index (χ0v) is 14.5. The Morgan fingerprint density at radius 1 is 1.17 bits per heavy atom. The van der Waals surface area contributed by atoms with Crippen molar-refractivity contribution in [2.75, 3.05) is 0 Å². The topological polar surface area (TPSA) is 41.1 Å². The van der Waals surface area contributed by atoms with E-state index in [0.29, 0.717) is 5.02 Å². The summed E-state index contributed by atoms with van der Waals surface area (Å²) >= 11 is 5.89. The third-order valence-electron chi connectivity index (χ3n) is 4.13. The molecule has 2 unspecified atom stereocenters. The lowest BCUT2D eigenvalue weighted by atomic mass is 9.95. The summed E-state index contributed by atoms with van der Waals surface area (Å²) in [4.78, 5) is 12.5. The van der Waals surface area contributed by atoms with Gasteiger partial charge in [0.1, 0.15) is 0 Å². The zero-order valence-electron chi connectivity index (χ0n) is 12.9. The van der Waals surface area contributed by atoms with Gasteiger partial charge in [-0.15, -0.1) is 12.4 Å². The van der Waals surface area contributed by atoms with Gasteiger partial charge in [-0.2, -0.15) is 0 Å². The molecule has 0 aliphatic carbocycles. The second kappa shape index (κ2) is 7.82. The van der Waals surface area contributed by atoms with E-state index in [9.17, 15) is 4.79 Å². The number of benzene rings is 2. The first kappa shape index (κ1) is 17.8.